The highest BCUT2D eigenvalue weighted by molar-refractivity contribution is 5.64. The second-order valence-corrected chi connectivity index (χ2v) is 4.56. The summed E-state index contributed by atoms with van der Waals surface area (Å²) >= 11 is 0. The molecule has 0 aliphatic heterocycles. The Morgan fingerprint density at radius 3 is 1.89 bits per heavy atom. The van der Waals surface area contributed by atoms with Gasteiger partial charge in [-0.05, 0) is 42.2 Å². The third kappa shape index (κ3) is 3.01. The monoisotopic (exact) mass is 238 g/mol. The molecule has 0 amide bonds. The van der Waals surface area contributed by atoms with Crippen molar-refractivity contribution in [3.8, 4) is 16.9 Å². The summed E-state index contributed by atoms with van der Waals surface area (Å²) in [5, 5.41) is 0. The molecular weight excluding hydrogens is 220 g/mol. The fraction of sp³-hybridized carbons (Fsp3) is 0.176. The molecule has 1 nitrogen and oxygen atoms in total. The summed E-state index contributed by atoms with van der Waals surface area (Å²) in [4.78, 5) is 0. The number of hydrogen-bond donors (Lipinski definition) is 0. The van der Waals surface area contributed by atoms with Gasteiger partial charge in [-0.2, -0.15) is 0 Å². The highest BCUT2D eigenvalue weighted by atomic mass is 16.5. The molecule has 92 valence electrons. The summed E-state index contributed by atoms with van der Waals surface area (Å²) in [7, 11) is 1.68. The minimum Gasteiger partial charge on any atom is -0.497 e. The predicted molar refractivity (Wildman–Crippen MR) is 76.9 cm³/mol. The molecule has 0 heterocycles. The summed E-state index contributed by atoms with van der Waals surface area (Å²) in [6.45, 7) is 5.99. The van der Waals surface area contributed by atoms with E-state index in [-0.39, 0.29) is 0 Å². The molecule has 0 radical (unpaired) electrons. The first kappa shape index (κ1) is 12.4. The smallest absolute Gasteiger partial charge is 0.118 e. The molecular formula is C17H18O. The highest BCUT2D eigenvalue weighted by Gasteiger charge is 1.99. The number of benzene rings is 2. The van der Waals surface area contributed by atoms with E-state index in [1.54, 1.807) is 7.11 Å². The van der Waals surface area contributed by atoms with Crippen molar-refractivity contribution in [2.75, 3.05) is 7.11 Å². The molecule has 2 aromatic carbocycles. The van der Waals surface area contributed by atoms with Gasteiger partial charge in [0.15, 0.2) is 0 Å². The Balaban J connectivity index is 2.20. The van der Waals surface area contributed by atoms with Crippen LogP contribution in [0.1, 0.15) is 12.5 Å². The molecule has 0 fully saturated rings. The Bertz CT molecular complexity index is 521. The largest absolute Gasteiger partial charge is 0.497 e. The second kappa shape index (κ2) is 5.54. The molecule has 0 N–H and O–H groups in total. The van der Waals surface area contributed by atoms with Crippen molar-refractivity contribution in [1.29, 1.82) is 0 Å². The maximum Gasteiger partial charge on any atom is 0.118 e. The fourth-order valence-corrected chi connectivity index (χ4v) is 1.95. The lowest BCUT2D eigenvalue weighted by atomic mass is 10.0. The first-order chi connectivity index (χ1) is 8.69. The second-order valence-electron chi connectivity index (χ2n) is 4.56. The van der Waals surface area contributed by atoms with Crippen molar-refractivity contribution in [2.24, 2.45) is 0 Å². The molecule has 18 heavy (non-hydrogen) atoms. The van der Waals surface area contributed by atoms with Crippen LogP contribution < -0.4 is 4.74 Å². The quantitative estimate of drug-likeness (QED) is 0.713. The third-order valence-electron chi connectivity index (χ3n) is 2.88. The van der Waals surface area contributed by atoms with E-state index in [1.807, 2.05) is 12.1 Å². The van der Waals surface area contributed by atoms with Gasteiger partial charge in [-0.3, -0.25) is 0 Å². The van der Waals surface area contributed by atoms with Crippen LogP contribution in [0.3, 0.4) is 0 Å². The summed E-state index contributed by atoms with van der Waals surface area (Å²) in [6.07, 6.45) is 0.947. The molecule has 0 aromatic heterocycles. The van der Waals surface area contributed by atoms with Crippen LogP contribution in [-0.4, -0.2) is 7.11 Å². The zero-order valence-electron chi connectivity index (χ0n) is 10.9. The Hall–Kier alpha value is -2.02. The summed E-state index contributed by atoms with van der Waals surface area (Å²) in [5.74, 6) is 0.887. The van der Waals surface area contributed by atoms with Gasteiger partial charge in [-0.25, -0.2) is 0 Å². The van der Waals surface area contributed by atoms with Crippen molar-refractivity contribution in [3.63, 3.8) is 0 Å². The Kier molecular flexibility index (Phi) is 3.83. The van der Waals surface area contributed by atoms with E-state index in [9.17, 15) is 0 Å². The van der Waals surface area contributed by atoms with Gasteiger partial charge in [0.2, 0.25) is 0 Å². The lowest BCUT2D eigenvalue weighted by Crippen LogP contribution is -1.86. The normalized spacial score (nSPS) is 10.1. The van der Waals surface area contributed by atoms with Gasteiger partial charge in [0.1, 0.15) is 5.75 Å². The molecule has 2 rings (SSSR count). The van der Waals surface area contributed by atoms with Gasteiger partial charge < -0.3 is 4.74 Å². The minimum atomic E-state index is 0.887. The minimum absolute atomic E-state index is 0.887. The van der Waals surface area contributed by atoms with Gasteiger partial charge in [-0.15, -0.1) is 0 Å². The topological polar surface area (TPSA) is 9.23 Å². The predicted octanol–water partition coefficient (Wildman–Crippen LogP) is 4.48. The van der Waals surface area contributed by atoms with Gasteiger partial charge in [0.05, 0.1) is 7.11 Å². The van der Waals surface area contributed by atoms with Gasteiger partial charge in [0, 0.05) is 0 Å². The van der Waals surface area contributed by atoms with Crippen LogP contribution in [0.25, 0.3) is 11.1 Å². The van der Waals surface area contributed by atoms with Crippen LogP contribution in [0.5, 0.6) is 5.75 Å². The van der Waals surface area contributed by atoms with E-state index in [1.165, 1.54) is 22.3 Å². The lowest BCUT2D eigenvalue weighted by Gasteiger charge is -2.05. The van der Waals surface area contributed by atoms with Crippen LogP contribution in [-0.2, 0) is 6.42 Å². The van der Waals surface area contributed by atoms with Crippen LogP contribution in [0.4, 0.5) is 0 Å². The lowest BCUT2D eigenvalue weighted by molar-refractivity contribution is 0.415. The van der Waals surface area contributed by atoms with Crippen molar-refractivity contribution in [2.45, 2.75) is 13.3 Å². The summed E-state index contributed by atoms with van der Waals surface area (Å²) in [6, 6.07) is 16.7. The molecule has 0 aliphatic carbocycles. The molecule has 0 saturated heterocycles. The number of methoxy groups -OCH3 is 1. The number of rotatable bonds is 4. The Labute approximate surface area is 109 Å². The molecule has 0 unspecified atom stereocenters. The SMILES string of the molecule is C=C(C)Cc1ccc(-c2ccc(OC)cc2)cc1. The fourth-order valence-electron chi connectivity index (χ4n) is 1.95. The van der Waals surface area contributed by atoms with Crippen molar-refractivity contribution >= 4 is 0 Å². The zero-order valence-corrected chi connectivity index (χ0v) is 10.9. The van der Waals surface area contributed by atoms with E-state index < -0.39 is 0 Å². The average molecular weight is 238 g/mol. The van der Waals surface area contributed by atoms with Crippen molar-refractivity contribution in [1.82, 2.24) is 0 Å². The number of allylic oxidation sites excluding steroid dienone is 1. The standard InChI is InChI=1S/C17H18O/c1-13(2)12-14-4-6-15(7-5-14)16-8-10-17(18-3)11-9-16/h4-11H,1,12H2,2-3H3. The molecule has 1 heteroatoms. The van der Waals surface area contributed by atoms with Crippen LogP contribution in [0.15, 0.2) is 60.7 Å². The molecule has 0 saturated carbocycles. The molecule has 0 aliphatic rings. The zero-order chi connectivity index (χ0) is 13.0. The molecule has 0 atom stereocenters. The summed E-state index contributed by atoms with van der Waals surface area (Å²) < 4.78 is 5.16. The highest BCUT2D eigenvalue weighted by Crippen LogP contribution is 2.23. The third-order valence-corrected chi connectivity index (χ3v) is 2.88. The van der Waals surface area contributed by atoms with Gasteiger partial charge in [0.25, 0.3) is 0 Å². The van der Waals surface area contributed by atoms with Crippen LogP contribution in [0, 0.1) is 0 Å². The van der Waals surface area contributed by atoms with Gasteiger partial charge >= 0.3 is 0 Å². The number of hydrogen-bond acceptors (Lipinski definition) is 1. The Morgan fingerprint density at radius 1 is 0.944 bits per heavy atom. The number of ether oxygens (including phenoxy) is 1. The van der Waals surface area contributed by atoms with Crippen molar-refractivity contribution < 1.29 is 4.74 Å². The van der Waals surface area contributed by atoms with E-state index in [2.05, 4.69) is 49.9 Å². The van der Waals surface area contributed by atoms with E-state index in [4.69, 9.17) is 4.74 Å². The maximum atomic E-state index is 5.16. The first-order valence-electron chi connectivity index (χ1n) is 6.07. The first-order valence-corrected chi connectivity index (χ1v) is 6.07. The average Bonchev–Trinajstić information content (AvgIpc) is 2.39. The van der Waals surface area contributed by atoms with E-state index in [0.29, 0.717) is 0 Å². The summed E-state index contributed by atoms with van der Waals surface area (Å²) in [5.41, 5.74) is 4.92. The van der Waals surface area contributed by atoms with Crippen molar-refractivity contribution in [3.05, 3.63) is 66.2 Å². The van der Waals surface area contributed by atoms with Crippen LogP contribution >= 0.6 is 0 Å². The van der Waals surface area contributed by atoms with E-state index in [0.717, 1.165) is 12.2 Å². The van der Waals surface area contributed by atoms with E-state index >= 15 is 0 Å². The maximum absolute atomic E-state index is 5.16. The Morgan fingerprint density at radius 2 is 1.44 bits per heavy atom. The molecule has 0 bridgehead atoms. The van der Waals surface area contributed by atoms with Gasteiger partial charge in [-0.1, -0.05) is 48.6 Å². The van der Waals surface area contributed by atoms with Crippen LogP contribution in [0.2, 0.25) is 0 Å². The molecule has 2 aromatic rings. The molecule has 0 spiro atoms.